The van der Waals surface area contributed by atoms with Crippen LogP contribution in [0.15, 0.2) is 28.7 Å². The minimum Gasteiger partial charge on any atom is -0.461 e. The number of hydrogen-bond donors (Lipinski definition) is 0. The monoisotopic (exact) mass is 212 g/mol. The Bertz CT molecular complexity index is 463. The zero-order chi connectivity index (χ0) is 10.8. The highest BCUT2D eigenvalue weighted by Crippen LogP contribution is 2.25. The Hall–Kier alpha value is -1.58. The van der Waals surface area contributed by atoms with Gasteiger partial charge < -0.3 is 9.15 Å². The summed E-state index contributed by atoms with van der Waals surface area (Å²) in [5.74, 6) is 0.986. The highest BCUT2D eigenvalue weighted by atomic mass is 19.3. The van der Waals surface area contributed by atoms with Crippen molar-refractivity contribution < 1.29 is 17.9 Å². The lowest BCUT2D eigenvalue weighted by molar-refractivity contribution is -0.0497. The van der Waals surface area contributed by atoms with Gasteiger partial charge in [0.05, 0.1) is 0 Å². The minimum atomic E-state index is -2.79. The van der Waals surface area contributed by atoms with E-state index in [9.17, 15) is 8.78 Å². The number of fused-ring (bicyclic) bond motifs is 1. The van der Waals surface area contributed by atoms with E-state index in [2.05, 4.69) is 4.74 Å². The van der Waals surface area contributed by atoms with Crippen LogP contribution in [0.25, 0.3) is 11.0 Å². The highest BCUT2D eigenvalue weighted by Gasteiger charge is 2.07. The van der Waals surface area contributed by atoms with Crippen molar-refractivity contribution in [2.45, 2.75) is 20.0 Å². The van der Waals surface area contributed by atoms with Crippen LogP contribution in [0.5, 0.6) is 5.75 Å². The third-order valence-corrected chi connectivity index (χ3v) is 2.11. The fraction of sp³-hybridized carbons (Fsp3) is 0.273. The van der Waals surface area contributed by atoms with Crippen LogP contribution in [0, 0.1) is 0 Å². The molecule has 15 heavy (non-hydrogen) atoms. The molecule has 0 saturated carbocycles. The number of hydrogen-bond acceptors (Lipinski definition) is 2. The van der Waals surface area contributed by atoms with E-state index in [1.165, 1.54) is 6.07 Å². The van der Waals surface area contributed by atoms with Crippen LogP contribution in [0.3, 0.4) is 0 Å². The zero-order valence-electron chi connectivity index (χ0n) is 8.17. The lowest BCUT2D eigenvalue weighted by Crippen LogP contribution is -2.01. The maximum Gasteiger partial charge on any atom is 0.387 e. The van der Waals surface area contributed by atoms with Crippen molar-refractivity contribution in [2.24, 2.45) is 0 Å². The second-order valence-electron chi connectivity index (χ2n) is 3.14. The fourth-order valence-corrected chi connectivity index (χ4v) is 1.43. The molecule has 0 unspecified atom stereocenters. The number of halogens is 2. The molecule has 0 spiro atoms. The van der Waals surface area contributed by atoms with Gasteiger partial charge in [0.25, 0.3) is 0 Å². The van der Waals surface area contributed by atoms with Crippen molar-refractivity contribution in [3.63, 3.8) is 0 Å². The molecule has 2 nitrogen and oxygen atoms in total. The van der Waals surface area contributed by atoms with Crippen molar-refractivity contribution in [3.05, 3.63) is 30.0 Å². The molecule has 80 valence electrons. The van der Waals surface area contributed by atoms with Crippen molar-refractivity contribution >= 4 is 11.0 Å². The number of ether oxygens (including phenoxy) is 1. The molecule has 0 N–H and O–H groups in total. The molecule has 0 bridgehead atoms. The molecule has 1 aromatic heterocycles. The number of alkyl halides is 2. The van der Waals surface area contributed by atoms with Gasteiger partial charge in [-0.2, -0.15) is 8.78 Å². The Morgan fingerprint density at radius 1 is 1.33 bits per heavy atom. The molecule has 0 aliphatic carbocycles. The van der Waals surface area contributed by atoms with E-state index in [-0.39, 0.29) is 5.75 Å². The Labute approximate surface area is 85.4 Å². The van der Waals surface area contributed by atoms with Crippen LogP contribution < -0.4 is 4.74 Å². The van der Waals surface area contributed by atoms with E-state index in [1.807, 2.05) is 13.0 Å². The van der Waals surface area contributed by atoms with Crippen LogP contribution >= 0.6 is 0 Å². The van der Waals surface area contributed by atoms with E-state index >= 15 is 0 Å². The van der Waals surface area contributed by atoms with E-state index in [4.69, 9.17) is 4.42 Å². The summed E-state index contributed by atoms with van der Waals surface area (Å²) >= 11 is 0. The van der Waals surface area contributed by atoms with Gasteiger partial charge in [-0.25, -0.2) is 0 Å². The summed E-state index contributed by atoms with van der Waals surface area (Å²) in [4.78, 5) is 0. The fourth-order valence-electron chi connectivity index (χ4n) is 1.43. The van der Waals surface area contributed by atoms with Crippen LogP contribution in [0.2, 0.25) is 0 Å². The van der Waals surface area contributed by atoms with Crippen molar-refractivity contribution in [3.8, 4) is 5.75 Å². The second kappa shape index (κ2) is 3.88. The molecular formula is C11H10F2O2. The molecule has 0 atom stereocenters. The van der Waals surface area contributed by atoms with Crippen LogP contribution in [0.1, 0.15) is 12.7 Å². The average molecular weight is 212 g/mol. The maximum atomic E-state index is 11.9. The largest absolute Gasteiger partial charge is 0.461 e. The topological polar surface area (TPSA) is 22.4 Å². The molecule has 2 rings (SSSR count). The number of furan rings is 1. The first-order chi connectivity index (χ1) is 7.19. The van der Waals surface area contributed by atoms with Gasteiger partial charge in [-0.15, -0.1) is 0 Å². The molecule has 4 heteroatoms. The lowest BCUT2D eigenvalue weighted by Gasteiger charge is -2.02. The summed E-state index contributed by atoms with van der Waals surface area (Å²) in [6.07, 6.45) is 0.777. The second-order valence-corrected chi connectivity index (χ2v) is 3.14. The van der Waals surface area contributed by atoms with Crippen LogP contribution in [-0.4, -0.2) is 6.61 Å². The van der Waals surface area contributed by atoms with Crippen molar-refractivity contribution in [1.82, 2.24) is 0 Å². The molecule has 0 aliphatic heterocycles. The molecule has 0 aliphatic rings. The molecule has 2 aromatic rings. The molecule has 0 fully saturated rings. The molecule has 0 radical (unpaired) electrons. The van der Waals surface area contributed by atoms with Gasteiger partial charge >= 0.3 is 6.61 Å². The summed E-state index contributed by atoms with van der Waals surface area (Å²) in [5.41, 5.74) is 0.688. The van der Waals surface area contributed by atoms with E-state index < -0.39 is 6.61 Å². The first-order valence-electron chi connectivity index (χ1n) is 4.66. The van der Waals surface area contributed by atoms with Gasteiger partial charge in [0.2, 0.25) is 0 Å². The van der Waals surface area contributed by atoms with Gasteiger partial charge in [0.15, 0.2) is 0 Å². The maximum absolute atomic E-state index is 11.9. The number of aryl methyl sites for hydroxylation is 1. The average Bonchev–Trinajstić information content (AvgIpc) is 2.58. The Balaban J connectivity index is 2.37. The molecular weight excluding hydrogens is 202 g/mol. The first kappa shape index (κ1) is 9.96. The van der Waals surface area contributed by atoms with Crippen molar-refractivity contribution in [2.75, 3.05) is 0 Å². The number of rotatable bonds is 3. The highest BCUT2D eigenvalue weighted by molar-refractivity contribution is 5.79. The summed E-state index contributed by atoms with van der Waals surface area (Å²) in [6.45, 7) is -0.825. The standard InChI is InChI=1S/C11H10F2O2/c1-2-8-5-7-6-9(15-11(12)13)3-4-10(7)14-8/h3-6,11H,2H2,1H3. The SMILES string of the molecule is CCc1cc2cc(OC(F)F)ccc2o1. The van der Waals surface area contributed by atoms with E-state index in [0.29, 0.717) is 5.58 Å². The quantitative estimate of drug-likeness (QED) is 0.775. The van der Waals surface area contributed by atoms with Gasteiger partial charge in [-0.05, 0) is 24.3 Å². The third kappa shape index (κ3) is 2.09. The normalized spacial score (nSPS) is 11.2. The molecule has 1 aromatic carbocycles. The summed E-state index contributed by atoms with van der Waals surface area (Å²) in [5, 5.41) is 0.782. The lowest BCUT2D eigenvalue weighted by atomic mass is 10.2. The van der Waals surface area contributed by atoms with Crippen LogP contribution in [0.4, 0.5) is 8.78 Å². The van der Waals surface area contributed by atoms with E-state index in [0.717, 1.165) is 17.6 Å². The van der Waals surface area contributed by atoms with Gasteiger partial charge in [-0.3, -0.25) is 0 Å². The predicted octanol–water partition coefficient (Wildman–Crippen LogP) is 3.60. The molecule has 0 amide bonds. The van der Waals surface area contributed by atoms with Gasteiger partial charge in [0, 0.05) is 11.8 Å². The van der Waals surface area contributed by atoms with Crippen LogP contribution in [-0.2, 0) is 6.42 Å². The first-order valence-corrected chi connectivity index (χ1v) is 4.66. The van der Waals surface area contributed by atoms with Gasteiger partial charge in [-0.1, -0.05) is 6.92 Å². The van der Waals surface area contributed by atoms with Gasteiger partial charge in [0.1, 0.15) is 17.1 Å². The Morgan fingerprint density at radius 3 is 2.80 bits per heavy atom. The van der Waals surface area contributed by atoms with Crippen molar-refractivity contribution in [1.29, 1.82) is 0 Å². The Morgan fingerprint density at radius 2 is 2.13 bits per heavy atom. The smallest absolute Gasteiger partial charge is 0.387 e. The molecule has 1 heterocycles. The summed E-state index contributed by atoms with van der Waals surface area (Å²) < 4.78 is 33.6. The molecule has 0 saturated heterocycles. The summed E-state index contributed by atoms with van der Waals surface area (Å²) in [6, 6.07) is 6.47. The Kier molecular flexibility index (Phi) is 2.58. The number of benzene rings is 1. The van der Waals surface area contributed by atoms with E-state index in [1.54, 1.807) is 12.1 Å². The minimum absolute atomic E-state index is 0.154. The predicted molar refractivity (Wildman–Crippen MR) is 52.2 cm³/mol. The third-order valence-electron chi connectivity index (χ3n) is 2.11. The summed E-state index contributed by atoms with van der Waals surface area (Å²) in [7, 11) is 0. The zero-order valence-corrected chi connectivity index (χ0v) is 8.17.